The lowest BCUT2D eigenvalue weighted by Crippen LogP contribution is -2.14. The van der Waals surface area contributed by atoms with Crippen molar-refractivity contribution in [2.45, 2.75) is 19.3 Å². The Morgan fingerprint density at radius 2 is 0.792 bits per heavy atom. The Labute approximate surface area is 310 Å². The maximum atomic E-state index is 9.56. The molecule has 0 aliphatic heterocycles. The van der Waals surface area contributed by atoms with Crippen LogP contribution >= 0.6 is 0 Å². The summed E-state index contributed by atoms with van der Waals surface area (Å²) in [5, 5.41) is 9.56. The van der Waals surface area contributed by atoms with Crippen molar-refractivity contribution in [3.8, 4) is 84.5 Å². The summed E-state index contributed by atoms with van der Waals surface area (Å²) < 4.78 is 0. The van der Waals surface area contributed by atoms with Gasteiger partial charge in [-0.25, -0.2) is 9.97 Å². The highest BCUT2D eigenvalue weighted by molar-refractivity contribution is 5.85. The number of nitrogens with zero attached hydrogens (tertiary/aromatic N) is 3. The maximum absolute atomic E-state index is 9.56. The number of aromatic nitrogens is 2. The molecule has 0 amide bonds. The highest BCUT2D eigenvalue weighted by Crippen LogP contribution is 2.50. The molecule has 1 aliphatic carbocycles. The first-order chi connectivity index (χ1) is 25.9. The van der Waals surface area contributed by atoms with Gasteiger partial charge in [0, 0.05) is 22.1 Å². The molecule has 0 saturated heterocycles. The normalized spacial score (nSPS) is 12.5. The summed E-state index contributed by atoms with van der Waals surface area (Å²) in [7, 11) is 0. The van der Waals surface area contributed by atoms with E-state index in [0.29, 0.717) is 11.4 Å². The summed E-state index contributed by atoms with van der Waals surface area (Å²) in [6.45, 7) is 4.53. The fourth-order valence-electron chi connectivity index (χ4n) is 7.63. The molecule has 8 aromatic rings. The second-order valence-corrected chi connectivity index (χ2v) is 14.2. The molecule has 9 rings (SSSR count). The Balaban J connectivity index is 1.01. The number of hydrogen-bond donors (Lipinski definition) is 0. The number of fused-ring (bicyclic) bond motifs is 3. The van der Waals surface area contributed by atoms with Crippen molar-refractivity contribution in [2.75, 3.05) is 0 Å². The predicted molar refractivity (Wildman–Crippen MR) is 217 cm³/mol. The van der Waals surface area contributed by atoms with Crippen molar-refractivity contribution in [1.82, 2.24) is 9.97 Å². The number of nitriles is 1. The third-order valence-corrected chi connectivity index (χ3v) is 10.6. The first kappa shape index (κ1) is 32.0. The Bertz CT molecular complexity index is 2650. The molecular weight excluding hydrogens is 643 g/mol. The van der Waals surface area contributed by atoms with Crippen LogP contribution in [0.4, 0.5) is 0 Å². The lowest BCUT2D eigenvalue weighted by molar-refractivity contribution is 0.660. The largest absolute Gasteiger partial charge is 0.228 e. The van der Waals surface area contributed by atoms with Crippen molar-refractivity contribution >= 4 is 0 Å². The summed E-state index contributed by atoms with van der Waals surface area (Å²) in [5.41, 5.74) is 17.4. The predicted octanol–water partition coefficient (Wildman–Crippen LogP) is 12.7. The molecule has 0 radical (unpaired) electrons. The van der Waals surface area contributed by atoms with Crippen molar-refractivity contribution < 1.29 is 0 Å². The molecule has 53 heavy (non-hydrogen) atoms. The minimum Gasteiger partial charge on any atom is -0.228 e. The summed E-state index contributed by atoms with van der Waals surface area (Å²) in [5.74, 6) is 0.703. The van der Waals surface area contributed by atoms with E-state index >= 15 is 0 Å². The van der Waals surface area contributed by atoms with E-state index < -0.39 is 0 Å². The van der Waals surface area contributed by atoms with E-state index in [0.717, 1.165) is 50.3 Å². The van der Waals surface area contributed by atoms with Crippen molar-refractivity contribution in [1.29, 1.82) is 5.26 Å². The zero-order valence-corrected chi connectivity index (χ0v) is 29.6. The molecule has 7 aromatic carbocycles. The van der Waals surface area contributed by atoms with Gasteiger partial charge in [0.25, 0.3) is 0 Å². The number of rotatable bonds is 6. The lowest BCUT2D eigenvalue weighted by Gasteiger charge is -2.21. The van der Waals surface area contributed by atoms with E-state index in [2.05, 4.69) is 159 Å². The molecule has 1 heterocycles. The molecule has 0 bridgehead atoms. The molecule has 250 valence electrons. The molecule has 0 N–H and O–H groups in total. The topological polar surface area (TPSA) is 49.6 Å². The van der Waals surface area contributed by atoms with Crippen LogP contribution in [0.2, 0.25) is 0 Å². The molecule has 0 spiro atoms. The van der Waals surface area contributed by atoms with Gasteiger partial charge in [-0.05, 0) is 79.9 Å². The van der Waals surface area contributed by atoms with Gasteiger partial charge in [-0.2, -0.15) is 5.26 Å². The molecule has 1 aliphatic rings. The zero-order chi connectivity index (χ0) is 35.9. The second-order valence-electron chi connectivity index (χ2n) is 14.2. The third kappa shape index (κ3) is 5.91. The van der Waals surface area contributed by atoms with E-state index in [1.165, 1.54) is 33.4 Å². The molecule has 0 unspecified atom stereocenters. The zero-order valence-electron chi connectivity index (χ0n) is 29.6. The summed E-state index contributed by atoms with van der Waals surface area (Å²) >= 11 is 0. The minimum atomic E-state index is -0.0994. The van der Waals surface area contributed by atoms with Crippen LogP contribution in [-0.4, -0.2) is 9.97 Å². The SMILES string of the molecule is CC1(C)c2ccc(C#N)cc2-c2cc(-c3ccc(-c4ccc(-c5cc(-c6ccc(-c7ccccc7)cc6)nc(-c6ccccc6)n5)cc4)cc3)ccc21. The van der Waals surface area contributed by atoms with Crippen molar-refractivity contribution in [3.05, 3.63) is 193 Å². The third-order valence-electron chi connectivity index (χ3n) is 10.6. The van der Waals surface area contributed by atoms with E-state index in [1.54, 1.807) is 0 Å². The second kappa shape index (κ2) is 13.0. The van der Waals surface area contributed by atoms with Crippen LogP contribution in [-0.2, 0) is 5.41 Å². The number of benzene rings is 7. The quantitative estimate of drug-likeness (QED) is 0.176. The van der Waals surface area contributed by atoms with Crippen LogP contribution in [0.3, 0.4) is 0 Å². The summed E-state index contributed by atoms with van der Waals surface area (Å²) in [6.07, 6.45) is 0. The molecule has 1 aromatic heterocycles. The van der Waals surface area contributed by atoms with Gasteiger partial charge in [-0.15, -0.1) is 0 Å². The van der Waals surface area contributed by atoms with E-state index in [9.17, 15) is 5.26 Å². The van der Waals surface area contributed by atoms with Gasteiger partial charge in [0.05, 0.1) is 23.0 Å². The number of hydrogen-bond acceptors (Lipinski definition) is 3. The monoisotopic (exact) mass is 677 g/mol. The Hall–Kier alpha value is -6.89. The van der Waals surface area contributed by atoms with Crippen LogP contribution < -0.4 is 0 Å². The standard InChI is InChI=1S/C50H35N3/c1-50(2)45-27-13-33(32-51)29-43(45)44-30-42(26-28-46(44)50)38-16-14-36(15-17-38)37-20-24-40(25-21-37)48-31-47(52-49(53-48)41-11-7-4-8-12-41)39-22-18-35(19-23-39)34-9-5-3-6-10-34/h3-31H,1-2H3. The van der Waals surface area contributed by atoms with Gasteiger partial charge in [-0.3, -0.25) is 0 Å². The van der Waals surface area contributed by atoms with Crippen LogP contribution in [0.25, 0.3) is 78.4 Å². The van der Waals surface area contributed by atoms with Gasteiger partial charge in [-0.1, -0.05) is 166 Å². The molecule has 0 atom stereocenters. The van der Waals surface area contributed by atoms with Gasteiger partial charge in [0.15, 0.2) is 5.82 Å². The molecular formula is C50H35N3. The van der Waals surface area contributed by atoms with Crippen LogP contribution in [0.1, 0.15) is 30.5 Å². The maximum Gasteiger partial charge on any atom is 0.160 e. The van der Waals surface area contributed by atoms with Crippen molar-refractivity contribution in [3.63, 3.8) is 0 Å². The van der Waals surface area contributed by atoms with Crippen LogP contribution in [0.15, 0.2) is 176 Å². The molecule has 3 heteroatoms. The van der Waals surface area contributed by atoms with Crippen molar-refractivity contribution in [2.24, 2.45) is 0 Å². The first-order valence-electron chi connectivity index (χ1n) is 18.0. The highest BCUT2D eigenvalue weighted by Gasteiger charge is 2.35. The van der Waals surface area contributed by atoms with E-state index in [4.69, 9.17) is 9.97 Å². The highest BCUT2D eigenvalue weighted by atomic mass is 14.9. The van der Waals surface area contributed by atoms with Crippen LogP contribution in [0.5, 0.6) is 0 Å². The fourth-order valence-corrected chi connectivity index (χ4v) is 7.63. The lowest BCUT2D eigenvalue weighted by atomic mass is 9.82. The summed E-state index contributed by atoms with van der Waals surface area (Å²) in [4.78, 5) is 10.1. The average molecular weight is 678 g/mol. The molecule has 3 nitrogen and oxygen atoms in total. The Morgan fingerprint density at radius 3 is 1.30 bits per heavy atom. The minimum absolute atomic E-state index is 0.0994. The van der Waals surface area contributed by atoms with Gasteiger partial charge in [0.2, 0.25) is 0 Å². The Kier molecular flexibility index (Phi) is 7.87. The van der Waals surface area contributed by atoms with Gasteiger partial charge >= 0.3 is 0 Å². The van der Waals surface area contributed by atoms with E-state index in [-0.39, 0.29) is 5.41 Å². The first-order valence-corrected chi connectivity index (χ1v) is 18.0. The van der Waals surface area contributed by atoms with Gasteiger partial charge in [0.1, 0.15) is 0 Å². The van der Waals surface area contributed by atoms with Crippen LogP contribution in [0, 0.1) is 11.3 Å². The summed E-state index contributed by atoms with van der Waals surface area (Å²) in [6, 6.07) is 63.9. The fraction of sp³-hybridized carbons (Fsp3) is 0.0600. The van der Waals surface area contributed by atoms with E-state index in [1.807, 2.05) is 36.4 Å². The van der Waals surface area contributed by atoms with Gasteiger partial charge < -0.3 is 0 Å². The molecule has 0 saturated carbocycles. The molecule has 0 fully saturated rings. The average Bonchev–Trinajstić information content (AvgIpc) is 3.46. The Morgan fingerprint density at radius 1 is 0.396 bits per heavy atom. The smallest absolute Gasteiger partial charge is 0.160 e.